The van der Waals surface area contributed by atoms with Gasteiger partial charge in [0.15, 0.2) is 0 Å². The lowest BCUT2D eigenvalue weighted by molar-refractivity contribution is 0.615. The second kappa shape index (κ2) is 4.78. The molecule has 4 heteroatoms. The third-order valence-electron chi connectivity index (χ3n) is 2.87. The van der Waals surface area contributed by atoms with Crippen molar-refractivity contribution in [3.05, 3.63) is 23.6 Å². The van der Waals surface area contributed by atoms with Gasteiger partial charge in [-0.1, -0.05) is 0 Å². The molecule has 0 unspecified atom stereocenters. The van der Waals surface area contributed by atoms with Crippen molar-refractivity contribution in [2.75, 3.05) is 25.5 Å². The highest BCUT2D eigenvalue weighted by Gasteiger charge is 2.24. The van der Waals surface area contributed by atoms with Crippen molar-refractivity contribution in [1.82, 2.24) is 10.3 Å². The third kappa shape index (κ3) is 2.70. The predicted molar refractivity (Wildman–Crippen MR) is 63.0 cm³/mol. The Balaban J connectivity index is 2.15. The number of aromatic nitrogens is 1. The number of hydrogen-bond acceptors (Lipinski definition) is 3. The van der Waals surface area contributed by atoms with E-state index in [0.29, 0.717) is 6.54 Å². The molecule has 1 N–H and O–H groups in total. The molecule has 88 valence electrons. The van der Waals surface area contributed by atoms with E-state index in [0.717, 1.165) is 23.8 Å². The average molecular weight is 223 g/mol. The molecule has 0 atom stereocenters. The average Bonchev–Trinajstić information content (AvgIpc) is 3.02. The smallest absolute Gasteiger partial charge is 0.141 e. The molecule has 1 saturated carbocycles. The fourth-order valence-corrected chi connectivity index (χ4v) is 1.91. The molecule has 0 radical (unpaired) electrons. The van der Waals surface area contributed by atoms with Crippen molar-refractivity contribution in [1.29, 1.82) is 0 Å². The Morgan fingerprint density at radius 2 is 2.31 bits per heavy atom. The molecule has 0 spiro atoms. The van der Waals surface area contributed by atoms with Crippen molar-refractivity contribution in [3.63, 3.8) is 0 Å². The first-order chi connectivity index (χ1) is 7.70. The Labute approximate surface area is 95.7 Å². The minimum atomic E-state index is -0.270. The molecule has 3 nitrogen and oxygen atoms in total. The molecule has 1 aliphatic rings. The predicted octanol–water partition coefficient (Wildman–Crippen LogP) is 1.79. The minimum Gasteiger partial charge on any atom is -0.359 e. The Hall–Kier alpha value is -1.16. The van der Waals surface area contributed by atoms with Crippen LogP contribution in [0.2, 0.25) is 0 Å². The monoisotopic (exact) mass is 223 g/mol. The van der Waals surface area contributed by atoms with Crippen LogP contribution in [0.3, 0.4) is 0 Å². The summed E-state index contributed by atoms with van der Waals surface area (Å²) in [6.45, 7) is 1.67. The third-order valence-corrected chi connectivity index (χ3v) is 2.87. The summed E-state index contributed by atoms with van der Waals surface area (Å²) in [5.74, 6) is 1.43. The number of pyridine rings is 1. The van der Waals surface area contributed by atoms with Gasteiger partial charge in [0.2, 0.25) is 0 Å². The molecular formula is C12H18FN3. The fraction of sp³-hybridized carbons (Fsp3) is 0.583. The molecule has 2 rings (SSSR count). The second-order valence-corrected chi connectivity index (χ2v) is 4.49. The SMILES string of the molecule is CNCc1cc(F)cnc1N(C)CC1CC1. The lowest BCUT2D eigenvalue weighted by atomic mass is 10.2. The van der Waals surface area contributed by atoms with E-state index in [1.165, 1.54) is 19.0 Å². The van der Waals surface area contributed by atoms with Crippen molar-refractivity contribution in [2.45, 2.75) is 19.4 Å². The summed E-state index contributed by atoms with van der Waals surface area (Å²) in [4.78, 5) is 6.32. The van der Waals surface area contributed by atoms with Crippen LogP contribution in [0.25, 0.3) is 0 Å². The van der Waals surface area contributed by atoms with Gasteiger partial charge < -0.3 is 10.2 Å². The molecule has 1 fully saturated rings. The zero-order valence-corrected chi connectivity index (χ0v) is 9.83. The van der Waals surface area contributed by atoms with Crippen LogP contribution < -0.4 is 10.2 Å². The Morgan fingerprint density at radius 3 is 2.94 bits per heavy atom. The summed E-state index contributed by atoms with van der Waals surface area (Å²) in [5.41, 5.74) is 0.922. The molecule has 0 aliphatic heterocycles. The molecule has 16 heavy (non-hydrogen) atoms. The van der Waals surface area contributed by atoms with E-state index in [9.17, 15) is 4.39 Å². The van der Waals surface area contributed by atoms with E-state index in [1.807, 2.05) is 14.1 Å². The highest BCUT2D eigenvalue weighted by molar-refractivity contribution is 5.46. The topological polar surface area (TPSA) is 28.2 Å². The molecule has 0 aromatic carbocycles. The molecule has 0 saturated heterocycles. The van der Waals surface area contributed by atoms with Gasteiger partial charge in [-0.2, -0.15) is 0 Å². The highest BCUT2D eigenvalue weighted by Crippen LogP contribution is 2.31. The van der Waals surface area contributed by atoms with Gasteiger partial charge in [0.1, 0.15) is 11.6 Å². The first kappa shape index (κ1) is 11.3. The summed E-state index contributed by atoms with van der Waals surface area (Å²) in [6, 6.07) is 1.56. The highest BCUT2D eigenvalue weighted by atomic mass is 19.1. The van der Waals surface area contributed by atoms with Crippen LogP contribution in [0.1, 0.15) is 18.4 Å². The number of anilines is 1. The lowest BCUT2D eigenvalue weighted by Crippen LogP contribution is -2.23. The summed E-state index contributed by atoms with van der Waals surface area (Å²) >= 11 is 0. The van der Waals surface area contributed by atoms with Gasteiger partial charge in [0.25, 0.3) is 0 Å². The summed E-state index contributed by atoms with van der Waals surface area (Å²) in [7, 11) is 3.88. The van der Waals surface area contributed by atoms with Gasteiger partial charge in [0, 0.05) is 25.7 Å². The number of hydrogen-bond donors (Lipinski definition) is 1. The van der Waals surface area contributed by atoms with Gasteiger partial charge in [-0.25, -0.2) is 9.37 Å². The number of nitrogens with one attached hydrogen (secondary N) is 1. The zero-order chi connectivity index (χ0) is 11.5. The maximum atomic E-state index is 13.1. The van der Waals surface area contributed by atoms with Crippen LogP contribution in [0, 0.1) is 11.7 Å². The van der Waals surface area contributed by atoms with Crippen LogP contribution in [-0.4, -0.2) is 25.6 Å². The summed E-state index contributed by atoms with van der Waals surface area (Å²) in [6.07, 6.45) is 3.91. The lowest BCUT2D eigenvalue weighted by Gasteiger charge is -2.20. The van der Waals surface area contributed by atoms with Gasteiger partial charge in [-0.3, -0.25) is 0 Å². The maximum Gasteiger partial charge on any atom is 0.141 e. The molecular weight excluding hydrogens is 205 g/mol. The molecule has 1 heterocycles. The second-order valence-electron chi connectivity index (χ2n) is 4.49. The van der Waals surface area contributed by atoms with Crippen LogP contribution in [-0.2, 0) is 6.54 Å². The maximum absolute atomic E-state index is 13.1. The standard InChI is InChI=1S/C12H18FN3/c1-14-6-10-5-11(13)7-15-12(10)16(2)8-9-3-4-9/h5,7,9,14H,3-4,6,8H2,1-2H3. The van der Waals surface area contributed by atoms with Crippen molar-refractivity contribution >= 4 is 5.82 Å². The minimum absolute atomic E-state index is 0.270. The Kier molecular flexibility index (Phi) is 3.39. The van der Waals surface area contributed by atoms with E-state index in [1.54, 1.807) is 6.07 Å². The van der Waals surface area contributed by atoms with Crippen LogP contribution in [0.15, 0.2) is 12.3 Å². The van der Waals surface area contributed by atoms with Crippen molar-refractivity contribution in [2.24, 2.45) is 5.92 Å². The van der Waals surface area contributed by atoms with E-state index >= 15 is 0 Å². The van der Waals surface area contributed by atoms with E-state index in [-0.39, 0.29) is 5.82 Å². The summed E-state index contributed by atoms with van der Waals surface area (Å²) in [5, 5.41) is 3.04. The van der Waals surface area contributed by atoms with Crippen LogP contribution >= 0.6 is 0 Å². The van der Waals surface area contributed by atoms with E-state index in [2.05, 4.69) is 15.2 Å². The summed E-state index contributed by atoms with van der Waals surface area (Å²) < 4.78 is 13.1. The van der Waals surface area contributed by atoms with Crippen molar-refractivity contribution in [3.8, 4) is 0 Å². The largest absolute Gasteiger partial charge is 0.359 e. The normalized spacial score (nSPS) is 15.2. The molecule has 0 bridgehead atoms. The number of halogens is 1. The van der Waals surface area contributed by atoms with Gasteiger partial charge >= 0.3 is 0 Å². The Bertz CT molecular complexity index is 363. The van der Waals surface area contributed by atoms with Crippen LogP contribution in [0.4, 0.5) is 10.2 Å². The van der Waals surface area contributed by atoms with Gasteiger partial charge in [-0.05, 0) is 31.9 Å². The number of nitrogens with zero attached hydrogens (tertiary/aromatic N) is 2. The first-order valence-corrected chi connectivity index (χ1v) is 5.71. The molecule has 1 aromatic heterocycles. The Morgan fingerprint density at radius 1 is 1.56 bits per heavy atom. The van der Waals surface area contributed by atoms with E-state index in [4.69, 9.17) is 0 Å². The van der Waals surface area contributed by atoms with Crippen LogP contribution in [0.5, 0.6) is 0 Å². The molecule has 1 aromatic rings. The van der Waals surface area contributed by atoms with Gasteiger partial charge in [-0.15, -0.1) is 0 Å². The number of rotatable bonds is 5. The fourth-order valence-electron chi connectivity index (χ4n) is 1.91. The van der Waals surface area contributed by atoms with E-state index < -0.39 is 0 Å². The zero-order valence-electron chi connectivity index (χ0n) is 9.83. The molecule has 1 aliphatic carbocycles. The quantitative estimate of drug-likeness (QED) is 0.825. The first-order valence-electron chi connectivity index (χ1n) is 5.71. The molecule has 0 amide bonds. The van der Waals surface area contributed by atoms with Crippen molar-refractivity contribution < 1.29 is 4.39 Å². The van der Waals surface area contributed by atoms with Gasteiger partial charge in [0.05, 0.1) is 6.20 Å².